The fourth-order valence-electron chi connectivity index (χ4n) is 0.949. The van der Waals surface area contributed by atoms with Crippen molar-refractivity contribution in [2.45, 2.75) is 19.2 Å². The zero-order valence-corrected chi connectivity index (χ0v) is 9.73. The predicted octanol–water partition coefficient (Wildman–Crippen LogP) is 3.67. The molecule has 0 radical (unpaired) electrons. The summed E-state index contributed by atoms with van der Waals surface area (Å²) in [6, 6.07) is 1.67. The summed E-state index contributed by atoms with van der Waals surface area (Å²) in [6.45, 7) is 1.62. The molecule has 1 aromatic rings. The molecule has 1 nitrogen and oxygen atoms in total. The van der Waals surface area contributed by atoms with Crippen LogP contribution in [-0.4, -0.2) is 4.98 Å². The zero-order chi connectivity index (χ0) is 10.0. The summed E-state index contributed by atoms with van der Waals surface area (Å²) in [4.78, 5) is 3.80. The number of rotatable bonds is 2. The molecule has 0 amide bonds. The third kappa shape index (κ3) is 2.49. The van der Waals surface area contributed by atoms with E-state index in [-0.39, 0.29) is 11.6 Å². The minimum atomic E-state index is -2.53. The van der Waals surface area contributed by atoms with E-state index in [0.717, 1.165) is 3.57 Å². The minimum absolute atomic E-state index is 0.165. The minimum Gasteiger partial charge on any atom is -0.249 e. The van der Waals surface area contributed by atoms with E-state index in [9.17, 15) is 8.78 Å². The van der Waals surface area contributed by atoms with Gasteiger partial charge in [0.05, 0.1) is 11.6 Å². The van der Waals surface area contributed by atoms with Crippen LogP contribution >= 0.6 is 34.2 Å². The number of hydrogen-bond acceptors (Lipinski definition) is 1. The highest BCUT2D eigenvalue weighted by Crippen LogP contribution is 2.24. The predicted molar refractivity (Wildman–Crippen MR) is 56.2 cm³/mol. The van der Waals surface area contributed by atoms with Gasteiger partial charge < -0.3 is 0 Å². The Morgan fingerprint density at radius 1 is 1.62 bits per heavy atom. The first kappa shape index (κ1) is 11.1. The Bertz CT molecular complexity index is 317. The first-order chi connectivity index (χ1) is 6.06. The number of aryl methyl sites for hydroxylation is 1. The quantitative estimate of drug-likeness (QED) is 0.599. The number of halogens is 4. The Morgan fingerprint density at radius 2 is 2.23 bits per heavy atom. The maximum absolute atomic E-state index is 12.4. The van der Waals surface area contributed by atoms with Gasteiger partial charge >= 0.3 is 0 Å². The molecule has 1 heterocycles. The van der Waals surface area contributed by atoms with Gasteiger partial charge in [-0.3, -0.25) is 0 Å². The molecule has 72 valence electrons. The molecule has 0 N–H and O–H groups in total. The van der Waals surface area contributed by atoms with Gasteiger partial charge in [0.2, 0.25) is 0 Å². The van der Waals surface area contributed by atoms with Crippen molar-refractivity contribution in [3.05, 3.63) is 26.6 Å². The summed E-state index contributed by atoms with van der Waals surface area (Å²) < 4.78 is 25.6. The average Bonchev–Trinajstić information content (AvgIpc) is 2.03. The fraction of sp³-hybridized carbons (Fsp3) is 0.375. The van der Waals surface area contributed by atoms with E-state index >= 15 is 0 Å². The summed E-state index contributed by atoms with van der Waals surface area (Å²) in [5.41, 5.74) is 0.854. The normalized spacial score (nSPS) is 10.9. The van der Waals surface area contributed by atoms with Crippen LogP contribution in [0, 0.1) is 10.5 Å². The van der Waals surface area contributed by atoms with Gasteiger partial charge in [0.25, 0.3) is 6.43 Å². The summed E-state index contributed by atoms with van der Waals surface area (Å²) in [5, 5.41) is 0. The molecule has 0 saturated heterocycles. The summed E-state index contributed by atoms with van der Waals surface area (Å²) in [7, 11) is 0. The largest absolute Gasteiger partial charge is 0.280 e. The van der Waals surface area contributed by atoms with Crippen molar-refractivity contribution >= 4 is 34.2 Å². The molecule has 0 aliphatic carbocycles. The van der Waals surface area contributed by atoms with Crippen molar-refractivity contribution in [1.82, 2.24) is 4.98 Å². The van der Waals surface area contributed by atoms with Crippen LogP contribution in [0.3, 0.4) is 0 Å². The van der Waals surface area contributed by atoms with Crippen molar-refractivity contribution in [3.8, 4) is 0 Å². The molecule has 0 aliphatic heterocycles. The Labute approximate surface area is 93.6 Å². The van der Waals surface area contributed by atoms with Crippen LogP contribution in [0.5, 0.6) is 0 Å². The van der Waals surface area contributed by atoms with Gasteiger partial charge in [0.1, 0.15) is 5.69 Å². The first-order valence-electron chi connectivity index (χ1n) is 3.56. The number of aromatic nitrogens is 1. The van der Waals surface area contributed by atoms with Crippen LogP contribution in [0.15, 0.2) is 6.07 Å². The van der Waals surface area contributed by atoms with Crippen molar-refractivity contribution in [2.75, 3.05) is 0 Å². The average molecular weight is 318 g/mol. The third-order valence-electron chi connectivity index (χ3n) is 1.61. The molecule has 0 bridgehead atoms. The van der Waals surface area contributed by atoms with Crippen LogP contribution in [-0.2, 0) is 5.88 Å². The number of pyridine rings is 1. The van der Waals surface area contributed by atoms with Gasteiger partial charge in [0.15, 0.2) is 0 Å². The second kappa shape index (κ2) is 4.50. The Hall–Kier alpha value is 0.0300. The molecular formula is C8H7ClF2IN. The molecule has 0 fully saturated rings. The van der Waals surface area contributed by atoms with Gasteiger partial charge in [-0.2, -0.15) is 0 Å². The van der Waals surface area contributed by atoms with Gasteiger partial charge in [-0.25, -0.2) is 13.8 Å². The molecule has 0 unspecified atom stereocenters. The smallest absolute Gasteiger partial charge is 0.249 e. The van der Waals surface area contributed by atoms with Gasteiger partial charge in [-0.15, -0.1) is 11.6 Å². The Kier molecular flexibility index (Phi) is 3.85. The molecule has 0 spiro atoms. The molecule has 0 atom stereocenters. The van der Waals surface area contributed by atoms with E-state index in [1.165, 1.54) is 0 Å². The molecule has 0 aliphatic rings. The van der Waals surface area contributed by atoms with Crippen molar-refractivity contribution in [3.63, 3.8) is 0 Å². The van der Waals surface area contributed by atoms with Crippen molar-refractivity contribution < 1.29 is 8.78 Å². The number of hydrogen-bond donors (Lipinski definition) is 0. The molecule has 1 rings (SSSR count). The van der Waals surface area contributed by atoms with Crippen molar-refractivity contribution in [1.29, 1.82) is 0 Å². The summed E-state index contributed by atoms with van der Waals surface area (Å²) in [5.74, 6) is 0.165. The second-order valence-electron chi connectivity index (χ2n) is 2.55. The fourth-order valence-corrected chi connectivity index (χ4v) is 2.16. The molecule has 13 heavy (non-hydrogen) atoms. The third-order valence-corrected chi connectivity index (χ3v) is 2.80. The lowest BCUT2D eigenvalue weighted by molar-refractivity contribution is 0.145. The summed E-state index contributed by atoms with van der Waals surface area (Å²) >= 11 is 7.58. The van der Waals surface area contributed by atoms with E-state index in [1.54, 1.807) is 13.0 Å². The van der Waals surface area contributed by atoms with E-state index in [1.807, 2.05) is 22.6 Å². The second-order valence-corrected chi connectivity index (χ2v) is 3.98. The lowest BCUT2D eigenvalue weighted by Crippen LogP contribution is -2.00. The van der Waals surface area contributed by atoms with Gasteiger partial charge in [-0.1, -0.05) is 0 Å². The maximum atomic E-state index is 12.4. The molecule has 0 aromatic carbocycles. The van der Waals surface area contributed by atoms with Gasteiger partial charge in [-0.05, 0) is 41.1 Å². The highest BCUT2D eigenvalue weighted by molar-refractivity contribution is 14.1. The lowest BCUT2D eigenvalue weighted by Gasteiger charge is -2.07. The standard InChI is InChI=1S/C8H7ClF2IN/c1-4-2-5(12)6(3-9)13-7(4)8(10)11/h2,8H,3H2,1H3. The topological polar surface area (TPSA) is 12.9 Å². The highest BCUT2D eigenvalue weighted by Gasteiger charge is 2.14. The molecule has 0 saturated carbocycles. The zero-order valence-electron chi connectivity index (χ0n) is 6.82. The first-order valence-corrected chi connectivity index (χ1v) is 5.17. The summed E-state index contributed by atoms with van der Waals surface area (Å²) in [6.07, 6.45) is -2.53. The van der Waals surface area contributed by atoms with Crippen LogP contribution in [0.1, 0.15) is 23.4 Å². The SMILES string of the molecule is Cc1cc(I)c(CCl)nc1C(F)F. The number of nitrogens with zero attached hydrogens (tertiary/aromatic N) is 1. The molecular weight excluding hydrogens is 310 g/mol. The van der Waals surface area contributed by atoms with E-state index in [0.29, 0.717) is 11.3 Å². The van der Waals surface area contributed by atoms with Gasteiger partial charge in [0, 0.05) is 3.57 Å². The van der Waals surface area contributed by atoms with E-state index in [4.69, 9.17) is 11.6 Å². The van der Waals surface area contributed by atoms with E-state index < -0.39 is 6.43 Å². The van der Waals surface area contributed by atoms with Crippen LogP contribution in [0.4, 0.5) is 8.78 Å². The molecule has 5 heteroatoms. The Morgan fingerprint density at radius 3 is 2.69 bits per heavy atom. The highest BCUT2D eigenvalue weighted by atomic mass is 127. The van der Waals surface area contributed by atoms with E-state index in [2.05, 4.69) is 4.98 Å². The van der Waals surface area contributed by atoms with Crippen molar-refractivity contribution in [2.24, 2.45) is 0 Å². The number of alkyl halides is 3. The molecule has 1 aromatic heterocycles. The van der Waals surface area contributed by atoms with Crippen LogP contribution in [0.25, 0.3) is 0 Å². The van der Waals surface area contributed by atoms with Crippen LogP contribution < -0.4 is 0 Å². The van der Waals surface area contributed by atoms with Crippen LogP contribution in [0.2, 0.25) is 0 Å². The maximum Gasteiger partial charge on any atom is 0.280 e. The monoisotopic (exact) mass is 317 g/mol. The lowest BCUT2D eigenvalue weighted by atomic mass is 10.2. The Balaban J connectivity index is 3.22.